The van der Waals surface area contributed by atoms with Crippen molar-refractivity contribution in [2.24, 2.45) is 5.73 Å². The molecule has 5 N–H and O–H groups in total. The molecule has 1 aromatic carbocycles. The number of aliphatic carboxylic acids is 1. The maximum atomic E-state index is 12.1. The van der Waals surface area contributed by atoms with Gasteiger partial charge in [-0.2, -0.15) is 0 Å². The van der Waals surface area contributed by atoms with E-state index in [0.717, 1.165) is 10.5 Å². The Morgan fingerprint density at radius 1 is 1.03 bits per heavy atom. The predicted octanol–water partition coefficient (Wildman–Crippen LogP) is -0.663. The van der Waals surface area contributed by atoms with Gasteiger partial charge >= 0.3 is 5.97 Å². The lowest BCUT2D eigenvalue weighted by Gasteiger charge is -2.17. The Labute approximate surface area is 179 Å². The summed E-state index contributed by atoms with van der Waals surface area (Å²) < 4.78 is 0. The van der Waals surface area contributed by atoms with Crippen molar-refractivity contribution >= 4 is 29.6 Å². The van der Waals surface area contributed by atoms with E-state index < -0.39 is 48.2 Å². The molecular weight excluding hydrogens is 404 g/mol. The van der Waals surface area contributed by atoms with E-state index in [-0.39, 0.29) is 13.0 Å². The third-order valence-corrected chi connectivity index (χ3v) is 4.72. The number of amides is 4. The average Bonchev–Trinajstić information content (AvgIpc) is 3.06. The largest absolute Gasteiger partial charge is 0.480 e. The number of carboxylic acids is 1. The summed E-state index contributed by atoms with van der Waals surface area (Å²) in [6.45, 7) is -0.214. The Kier molecular flexibility index (Phi) is 8.89. The summed E-state index contributed by atoms with van der Waals surface area (Å²) in [5.74, 6) is -3.17. The van der Waals surface area contributed by atoms with E-state index in [4.69, 9.17) is 5.73 Å². The second kappa shape index (κ2) is 11.6. The Morgan fingerprint density at radius 3 is 2.29 bits per heavy atom. The molecule has 1 heterocycles. The van der Waals surface area contributed by atoms with Gasteiger partial charge in [-0.05, 0) is 31.2 Å². The van der Waals surface area contributed by atoms with Crippen LogP contribution in [0.2, 0.25) is 0 Å². The number of unbranched alkanes of at least 4 members (excludes halogenated alkanes) is 1. The Hall–Kier alpha value is -3.53. The lowest BCUT2D eigenvalue weighted by atomic mass is 10.1. The molecule has 0 bridgehead atoms. The molecular formula is C21H26N4O6. The van der Waals surface area contributed by atoms with Gasteiger partial charge in [-0.15, -0.1) is 0 Å². The van der Waals surface area contributed by atoms with Gasteiger partial charge in [0.1, 0.15) is 6.04 Å². The smallest absolute Gasteiger partial charge is 0.326 e. The average molecular weight is 430 g/mol. The molecule has 1 aliphatic rings. The zero-order valence-corrected chi connectivity index (χ0v) is 17.0. The minimum absolute atomic E-state index is 0.117. The topological polar surface area (TPSA) is 159 Å². The van der Waals surface area contributed by atoms with Gasteiger partial charge in [0.25, 0.3) is 11.8 Å². The van der Waals surface area contributed by atoms with E-state index in [1.165, 1.54) is 12.2 Å². The van der Waals surface area contributed by atoms with Crippen molar-refractivity contribution in [1.29, 1.82) is 0 Å². The molecule has 1 aromatic rings. The molecule has 10 nitrogen and oxygen atoms in total. The van der Waals surface area contributed by atoms with Crippen molar-refractivity contribution < 1.29 is 29.1 Å². The van der Waals surface area contributed by atoms with E-state index in [0.29, 0.717) is 19.3 Å². The standard InChI is InChI=1S/C21H26N4O6/c22-15(12-14-6-2-1-3-7-14)20(29)23-13-17(26)24-16(21(30)31)8-4-5-11-25-18(27)9-10-19(25)28/h1-3,6-7,9-10,15-16H,4-5,8,11-13,22H2,(H,23,29)(H,24,26)(H,30,31). The fraction of sp³-hybridized carbons (Fsp3) is 0.381. The van der Waals surface area contributed by atoms with Crippen LogP contribution < -0.4 is 16.4 Å². The first-order chi connectivity index (χ1) is 14.8. The number of benzene rings is 1. The highest BCUT2D eigenvalue weighted by Gasteiger charge is 2.24. The molecule has 0 aromatic heterocycles. The highest BCUT2D eigenvalue weighted by atomic mass is 16.4. The monoisotopic (exact) mass is 430 g/mol. The minimum atomic E-state index is -1.21. The molecule has 2 rings (SSSR count). The van der Waals surface area contributed by atoms with Crippen LogP contribution in [-0.4, -0.2) is 64.8 Å². The van der Waals surface area contributed by atoms with Gasteiger partial charge in [-0.1, -0.05) is 30.3 Å². The second-order valence-corrected chi connectivity index (χ2v) is 7.13. The van der Waals surface area contributed by atoms with Gasteiger partial charge < -0.3 is 21.5 Å². The Balaban J connectivity index is 1.69. The molecule has 2 unspecified atom stereocenters. The number of carbonyl (C=O) groups excluding carboxylic acids is 4. The Morgan fingerprint density at radius 2 is 1.68 bits per heavy atom. The van der Waals surface area contributed by atoms with Crippen molar-refractivity contribution in [2.45, 2.75) is 37.8 Å². The maximum absolute atomic E-state index is 12.1. The van der Waals surface area contributed by atoms with Crippen molar-refractivity contribution in [3.05, 3.63) is 48.0 Å². The lowest BCUT2D eigenvalue weighted by molar-refractivity contribution is -0.142. The van der Waals surface area contributed by atoms with Crippen molar-refractivity contribution in [3.63, 3.8) is 0 Å². The molecule has 166 valence electrons. The number of carboxylic acid groups (broad SMARTS) is 1. The van der Waals surface area contributed by atoms with E-state index in [1.807, 2.05) is 30.3 Å². The van der Waals surface area contributed by atoms with Crippen LogP contribution in [0.4, 0.5) is 0 Å². The molecule has 1 aliphatic heterocycles. The van der Waals surface area contributed by atoms with Gasteiger partial charge in [0.15, 0.2) is 0 Å². The molecule has 0 fully saturated rings. The van der Waals surface area contributed by atoms with Crippen LogP contribution in [0.1, 0.15) is 24.8 Å². The quantitative estimate of drug-likeness (QED) is 0.253. The van der Waals surface area contributed by atoms with Crippen LogP contribution >= 0.6 is 0 Å². The summed E-state index contributed by atoms with van der Waals surface area (Å²) in [4.78, 5) is 59.5. The van der Waals surface area contributed by atoms with Gasteiger partial charge in [0, 0.05) is 18.7 Å². The van der Waals surface area contributed by atoms with E-state index >= 15 is 0 Å². The predicted molar refractivity (Wildman–Crippen MR) is 110 cm³/mol. The third kappa shape index (κ3) is 7.67. The maximum Gasteiger partial charge on any atom is 0.326 e. The molecule has 0 radical (unpaired) electrons. The molecule has 0 saturated carbocycles. The molecule has 0 aliphatic carbocycles. The van der Waals surface area contributed by atoms with Crippen LogP contribution in [0, 0.1) is 0 Å². The number of hydrogen-bond donors (Lipinski definition) is 4. The highest BCUT2D eigenvalue weighted by molar-refractivity contribution is 6.12. The molecule has 10 heteroatoms. The summed E-state index contributed by atoms with van der Waals surface area (Å²) in [7, 11) is 0. The SMILES string of the molecule is NC(Cc1ccccc1)C(=O)NCC(=O)NC(CCCCN1C(=O)C=CC1=O)C(=O)O. The van der Waals surface area contributed by atoms with Crippen molar-refractivity contribution in [2.75, 3.05) is 13.1 Å². The summed E-state index contributed by atoms with van der Waals surface area (Å²) in [6.07, 6.45) is 3.58. The van der Waals surface area contributed by atoms with Crippen LogP contribution in [0.5, 0.6) is 0 Å². The summed E-state index contributed by atoms with van der Waals surface area (Å²) in [6, 6.07) is 7.20. The number of nitrogens with one attached hydrogen (secondary N) is 2. The molecule has 0 saturated heterocycles. The first-order valence-electron chi connectivity index (χ1n) is 9.91. The summed E-state index contributed by atoms with van der Waals surface area (Å²) in [5.41, 5.74) is 6.73. The third-order valence-electron chi connectivity index (χ3n) is 4.72. The first kappa shape index (κ1) is 23.7. The minimum Gasteiger partial charge on any atom is -0.480 e. The van der Waals surface area contributed by atoms with E-state index in [9.17, 15) is 29.1 Å². The van der Waals surface area contributed by atoms with Crippen LogP contribution in [-0.2, 0) is 30.4 Å². The number of imide groups is 1. The molecule has 0 spiro atoms. The van der Waals surface area contributed by atoms with E-state index in [2.05, 4.69) is 10.6 Å². The van der Waals surface area contributed by atoms with Crippen molar-refractivity contribution in [1.82, 2.24) is 15.5 Å². The van der Waals surface area contributed by atoms with Gasteiger partial charge in [0.2, 0.25) is 11.8 Å². The summed E-state index contributed by atoms with van der Waals surface area (Å²) >= 11 is 0. The normalized spacial score (nSPS) is 14.9. The highest BCUT2D eigenvalue weighted by Crippen LogP contribution is 2.08. The number of carbonyl (C=O) groups is 5. The number of nitrogens with zero attached hydrogens (tertiary/aromatic N) is 1. The zero-order chi connectivity index (χ0) is 22.8. The molecule has 2 atom stereocenters. The van der Waals surface area contributed by atoms with Gasteiger partial charge in [0.05, 0.1) is 12.6 Å². The van der Waals surface area contributed by atoms with Crippen molar-refractivity contribution in [3.8, 4) is 0 Å². The zero-order valence-electron chi connectivity index (χ0n) is 17.0. The first-order valence-corrected chi connectivity index (χ1v) is 9.91. The molecule has 4 amide bonds. The Bertz CT molecular complexity index is 837. The van der Waals surface area contributed by atoms with Gasteiger partial charge in [-0.3, -0.25) is 24.1 Å². The van der Waals surface area contributed by atoms with Crippen LogP contribution in [0.15, 0.2) is 42.5 Å². The van der Waals surface area contributed by atoms with Crippen LogP contribution in [0.25, 0.3) is 0 Å². The summed E-state index contributed by atoms with van der Waals surface area (Å²) in [5, 5.41) is 14.1. The van der Waals surface area contributed by atoms with Gasteiger partial charge in [-0.25, -0.2) is 4.79 Å². The lowest BCUT2D eigenvalue weighted by Crippen LogP contribution is -2.49. The fourth-order valence-corrected chi connectivity index (χ4v) is 3.03. The number of hydrogen-bond acceptors (Lipinski definition) is 6. The second-order valence-electron chi connectivity index (χ2n) is 7.13. The number of rotatable bonds is 12. The number of nitrogens with two attached hydrogens (primary N) is 1. The molecule has 31 heavy (non-hydrogen) atoms. The fourth-order valence-electron chi connectivity index (χ4n) is 3.03. The van der Waals surface area contributed by atoms with Crippen LogP contribution in [0.3, 0.4) is 0 Å². The van der Waals surface area contributed by atoms with E-state index in [1.54, 1.807) is 0 Å².